The van der Waals surface area contributed by atoms with Crippen molar-refractivity contribution in [3.8, 4) is 5.75 Å². The second-order valence-corrected chi connectivity index (χ2v) is 5.84. The molecule has 22 heavy (non-hydrogen) atoms. The quantitative estimate of drug-likeness (QED) is 0.583. The first kappa shape index (κ1) is 15.8. The van der Waals surface area contributed by atoms with Crippen molar-refractivity contribution in [1.82, 2.24) is 0 Å². The molecule has 116 valence electrons. The van der Waals surface area contributed by atoms with Gasteiger partial charge in [0.15, 0.2) is 0 Å². The molecule has 0 fully saturated rings. The molecule has 8 heteroatoms. The third-order valence-electron chi connectivity index (χ3n) is 2.87. The Bertz CT molecular complexity index is 818. The summed E-state index contributed by atoms with van der Waals surface area (Å²) in [7, 11) is -3.03. The fraction of sp³-hybridized carbons (Fsp3) is 0.0714. The van der Waals surface area contributed by atoms with Gasteiger partial charge in [-0.1, -0.05) is 6.07 Å². The number of benzene rings is 2. The highest BCUT2D eigenvalue weighted by Gasteiger charge is 2.15. The number of methoxy groups -OCH3 is 1. The Labute approximate surface area is 127 Å². The second-order valence-electron chi connectivity index (χ2n) is 4.42. The van der Waals surface area contributed by atoms with Gasteiger partial charge in [0.25, 0.3) is 16.0 Å². The van der Waals surface area contributed by atoms with Crippen LogP contribution >= 0.6 is 0 Å². The van der Waals surface area contributed by atoms with E-state index >= 15 is 0 Å². The van der Waals surface area contributed by atoms with Crippen molar-refractivity contribution in [2.75, 3.05) is 18.2 Å². The highest BCUT2D eigenvalue weighted by atomic mass is 32.2. The largest absolute Gasteiger partial charge is 0.495 e. The van der Waals surface area contributed by atoms with E-state index in [-0.39, 0.29) is 16.3 Å². The molecule has 0 aromatic heterocycles. The summed E-state index contributed by atoms with van der Waals surface area (Å²) in [5.74, 6) is -0.322. The second kappa shape index (κ2) is 6.04. The fourth-order valence-corrected chi connectivity index (χ4v) is 2.31. The highest BCUT2D eigenvalue weighted by molar-refractivity contribution is 7.85. The summed E-state index contributed by atoms with van der Waals surface area (Å²) in [6, 6.07) is 9.99. The predicted molar refractivity (Wildman–Crippen MR) is 81.6 cm³/mol. The van der Waals surface area contributed by atoms with Crippen LogP contribution in [0.2, 0.25) is 0 Å². The van der Waals surface area contributed by atoms with Crippen molar-refractivity contribution in [1.29, 1.82) is 0 Å². The Morgan fingerprint density at radius 3 is 2.55 bits per heavy atom. The predicted octanol–water partition coefficient (Wildman–Crippen LogP) is 1.78. The maximum absolute atomic E-state index is 12.1. The van der Waals surface area contributed by atoms with Crippen molar-refractivity contribution in [2.24, 2.45) is 0 Å². The number of hydrogen-bond acceptors (Lipinski definition) is 5. The van der Waals surface area contributed by atoms with Crippen LogP contribution in [0.15, 0.2) is 47.4 Å². The number of amides is 1. The molecule has 0 atom stereocenters. The van der Waals surface area contributed by atoms with Gasteiger partial charge < -0.3 is 15.8 Å². The normalized spacial score (nSPS) is 11.0. The van der Waals surface area contributed by atoms with Gasteiger partial charge in [-0.3, -0.25) is 9.35 Å². The minimum Gasteiger partial charge on any atom is -0.495 e. The summed E-state index contributed by atoms with van der Waals surface area (Å²) in [6.07, 6.45) is 0. The number of carbonyl (C=O) groups excluding carboxylic acids is 1. The zero-order valence-corrected chi connectivity index (χ0v) is 12.4. The van der Waals surface area contributed by atoms with Crippen LogP contribution in [0.4, 0.5) is 11.4 Å². The Kier molecular flexibility index (Phi) is 4.34. The number of nitrogen functional groups attached to an aromatic ring is 1. The molecule has 0 saturated carbocycles. The standard InChI is InChI=1S/C14H14N2O5S/c1-21-13-8-11(22(18,19)20)5-6-12(13)16-14(17)9-3-2-4-10(15)7-9/h2-8H,15H2,1H3,(H,16,17)(H,18,19,20). The lowest BCUT2D eigenvalue weighted by atomic mass is 10.2. The third-order valence-corrected chi connectivity index (χ3v) is 3.72. The summed E-state index contributed by atoms with van der Waals surface area (Å²) < 4.78 is 36.2. The molecule has 0 bridgehead atoms. The smallest absolute Gasteiger partial charge is 0.294 e. The van der Waals surface area contributed by atoms with E-state index in [0.29, 0.717) is 11.3 Å². The van der Waals surface area contributed by atoms with Gasteiger partial charge in [0.05, 0.1) is 17.7 Å². The minimum absolute atomic E-state index is 0.104. The molecule has 2 aromatic rings. The van der Waals surface area contributed by atoms with Crippen LogP contribution in [0.25, 0.3) is 0 Å². The van der Waals surface area contributed by atoms with E-state index in [0.717, 1.165) is 12.1 Å². The SMILES string of the molecule is COc1cc(S(=O)(=O)O)ccc1NC(=O)c1cccc(N)c1. The first-order chi connectivity index (χ1) is 10.3. The number of nitrogens with two attached hydrogens (primary N) is 1. The van der Waals surface area contributed by atoms with Crippen LogP contribution in [0.5, 0.6) is 5.75 Å². The van der Waals surface area contributed by atoms with Crippen LogP contribution in [0, 0.1) is 0 Å². The fourth-order valence-electron chi connectivity index (χ4n) is 1.81. The zero-order valence-electron chi connectivity index (χ0n) is 11.6. The average molecular weight is 322 g/mol. The first-order valence-corrected chi connectivity index (χ1v) is 7.57. The van der Waals surface area contributed by atoms with E-state index in [1.807, 2.05) is 0 Å². The van der Waals surface area contributed by atoms with Gasteiger partial charge in [-0.25, -0.2) is 0 Å². The Morgan fingerprint density at radius 2 is 1.95 bits per heavy atom. The highest BCUT2D eigenvalue weighted by Crippen LogP contribution is 2.28. The van der Waals surface area contributed by atoms with Crippen molar-refractivity contribution in [2.45, 2.75) is 4.90 Å². The van der Waals surface area contributed by atoms with Gasteiger partial charge in [0.2, 0.25) is 0 Å². The van der Waals surface area contributed by atoms with E-state index in [9.17, 15) is 13.2 Å². The molecule has 0 radical (unpaired) electrons. The average Bonchev–Trinajstić information content (AvgIpc) is 2.46. The molecule has 2 aromatic carbocycles. The van der Waals surface area contributed by atoms with Crippen molar-refractivity contribution in [3.05, 3.63) is 48.0 Å². The van der Waals surface area contributed by atoms with Gasteiger partial charge in [-0.05, 0) is 30.3 Å². The monoisotopic (exact) mass is 322 g/mol. The molecule has 4 N–H and O–H groups in total. The molecule has 0 aliphatic heterocycles. The number of rotatable bonds is 4. The van der Waals surface area contributed by atoms with Gasteiger partial charge >= 0.3 is 0 Å². The van der Waals surface area contributed by atoms with E-state index in [2.05, 4.69) is 5.32 Å². The number of anilines is 2. The Balaban J connectivity index is 2.32. The molecule has 0 heterocycles. The number of hydrogen-bond donors (Lipinski definition) is 3. The molecular weight excluding hydrogens is 308 g/mol. The van der Waals surface area contributed by atoms with Crippen LogP contribution in [0.1, 0.15) is 10.4 Å². The first-order valence-electron chi connectivity index (χ1n) is 6.13. The topological polar surface area (TPSA) is 119 Å². The van der Waals surface area contributed by atoms with Gasteiger partial charge in [0, 0.05) is 17.3 Å². The van der Waals surface area contributed by atoms with Crippen molar-refractivity contribution >= 4 is 27.4 Å². The van der Waals surface area contributed by atoms with E-state index in [1.165, 1.54) is 19.2 Å². The summed E-state index contributed by atoms with van der Waals surface area (Å²) in [5.41, 5.74) is 6.67. The van der Waals surface area contributed by atoms with Crippen LogP contribution in [-0.2, 0) is 10.1 Å². The summed E-state index contributed by atoms with van der Waals surface area (Å²) in [4.78, 5) is 11.8. The lowest BCUT2D eigenvalue weighted by Crippen LogP contribution is -2.13. The van der Waals surface area contributed by atoms with Crippen molar-refractivity contribution < 1.29 is 22.5 Å². The molecule has 0 unspecified atom stereocenters. The molecular formula is C14H14N2O5S. The molecule has 2 rings (SSSR count). The van der Waals surface area contributed by atoms with Crippen molar-refractivity contribution in [3.63, 3.8) is 0 Å². The molecule has 7 nitrogen and oxygen atoms in total. The van der Waals surface area contributed by atoms with Gasteiger partial charge in [-0.2, -0.15) is 8.42 Å². The third kappa shape index (κ3) is 3.54. The van der Waals surface area contributed by atoms with E-state index in [1.54, 1.807) is 18.2 Å². The van der Waals surface area contributed by atoms with Gasteiger partial charge in [-0.15, -0.1) is 0 Å². The molecule has 0 saturated heterocycles. The van der Waals surface area contributed by atoms with Crippen LogP contribution < -0.4 is 15.8 Å². The lowest BCUT2D eigenvalue weighted by Gasteiger charge is -2.11. The van der Waals surface area contributed by atoms with E-state index in [4.69, 9.17) is 15.0 Å². The summed E-state index contributed by atoms with van der Waals surface area (Å²) >= 11 is 0. The molecule has 0 aliphatic carbocycles. The maximum atomic E-state index is 12.1. The lowest BCUT2D eigenvalue weighted by molar-refractivity contribution is 0.102. The number of nitrogens with one attached hydrogen (secondary N) is 1. The summed E-state index contributed by atoms with van der Waals surface area (Å²) in [5, 5.41) is 2.59. The summed E-state index contributed by atoms with van der Waals surface area (Å²) in [6.45, 7) is 0. The molecule has 1 amide bonds. The van der Waals surface area contributed by atoms with Crippen LogP contribution in [-0.4, -0.2) is 26.0 Å². The maximum Gasteiger partial charge on any atom is 0.294 e. The minimum atomic E-state index is -4.35. The molecule has 0 aliphatic rings. The Hall–Kier alpha value is -2.58. The van der Waals surface area contributed by atoms with Crippen LogP contribution in [0.3, 0.4) is 0 Å². The van der Waals surface area contributed by atoms with E-state index < -0.39 is 16.0 Å². The molecule has 0 spiro atoms. The van der Waals surface area contributed by atoms with Gasteiger partial charge in [0.1, 0.15) is 5.75 Å². The number of ether oxygens (including phenoxy) is 1. The Morgan fingerprint density at radius 1 is 1.23 bits per heavy atom. The number of carbonyl (C=O) groups is 1. The zero-order chi connectivity index (χ0) is 16.3.